The van der Waals surface area contributed by atoms with Crippen LogP contribution in [0.4, 0.5) is 0 Å². The Kier molecular flexibility index (Phi) is 4.06. The number of fused-ring (bicyclic) bond motifs is 6. The molecule has 0 spiro atoms. The second-order valence-electron chi connectivity index (χ2n) is 5.85. The van der Waals surface area contributed by atoms with E-state index in [0.717, 1.165) is 0 Å². The molecule has 3 aromatic rings. The minimum Gasteiger partial charge on any atom is -0.0616 e. The zero-order chi connectivity index (χ0) is 16.6. The van der Waals surface area contributed by atoms with Gasteiger partial charge in [0.05, 0.1) is 0 Å². The number of rotatable bonds is 0. The van der Waals surface area contributed by atoms with Crippen LogP contribution in [0, 0.1) is 7.14 Å². The monoisotopic (exact) mass is 756 g/mol. The lowest BCUT2D eigenvalue weighted by Crippen LogP contribution is -2.22. The molecule has 24 heavy (non-hydrogen) atoms. The summed E-state index contributed by atoms with van der Waals surface area (Å²) in [6.45, 7) is 0. The van der Waals surface area contributed by atoms with Crippen molar-refractivity contribution >= 4 is 97.5 Å². The van der Waals surface area contributed by atoms with E-state index in [1.54, 1.807) is 0 Å². The van der Waals surface area contributed by atoms with Crippen LogP contribution in [0.15, 0.2) is 48.5 Å². The lowest BCUT2D eigenvalue weighted by Gasteiger charge is -2.10. The van der Waals surface area contributed by atoms with Gasteiger partial charge in [0, 0.05) is 35.9 Å². The SMILES string of the molecule is IC1=c2c(I)c3c(c(I)c2-c2ccccc21)=C(I)c1ccccc1-3. The van der Waals surface area contributed by atoms with Gasteiger partial charge in [0.25, 0.3) is 0 Å². The Labute approximate surface area is 194 Å². The maximum atomic E-state index is 2.56. The van der Waals surface area contributed by atoms with Crippen molar-refractivity contribution in [2.75, 3.05) is 0 Å². The number of halogens is 4. The molecular formula is C20H8I4. The van der Waals surface area contributed by atoms with Crippen molar-refractivity contribution in [1.82, 2.24) is 0 Å². The Bertz CT molecular complexity index is 1090. The van der Waals surface area contributed by atoms with Crippen LogP contribution in [0.1, 0.15) is 11.1 Å². The molecule has 5 rings (SSSR count). The molecule has 0 atom stereocenters. The summed E-state index contributed by atoms with van der Waals surface area (Å²) in [4.78, 5) is 0. The number of hydrogen-bond acceptors (Lipinski definition) is 0. The lowest BCUT2D eigenvalue weighted by atomic mass is 10.0. The molecule has 0 aromatic heterocycles. The first-order valence-electron chi connectivity index (χ1n) is 7.41. The molecule has 0 radical (unpaired) electrons. The van der Waals surface area contributed by atoms with Crippen molar-refractivity contribution in [2.45, 2.75) is 0 Å². The van der Waals surface area contributed by atoms with E-state index in [1.165, 1.54) is 58.1 Å². The van der Waals surface area contributed by atoms with Gasteiger partial charge in [0.1, 0.15) is 0 Å². The fraction of sp³-hybridized carbons (Fsp3) is 0. The lowest BCUT2D eigenvalue weighted by molar-refractivity contribution is 1.47. The molecular weight excluding hydrogens is 748 g/mol. The van der Waals surface area contributed by atoms with E-state index in [1.807, 2.05) is 0 Å². The van der Waals surface area contributed by atoms with E-state index in [0.29, 0.717) is 0 Å². The van der Waals surface area contributed by atoms with E-state index in [9.17, 15) is 0 Å². The standard InChI is InChI=1S/C20H8I4/c21-17-11-7-3-1-5-9(11)13-15(17)20(24)14-10-6-2-4-8-12(10)18(22)16(14)19(13)23/h1-8H. The van der Waals surface area contributed by atoms with Crippen molar-refractivity contribution in [1.29, 1.82) is 0 Å². The van der Waals surface area contributed by atoms with Crippen LogP contribution in [0.3, 0.4) is 0 Å². The van der Waals surface area contributed by atoms with E-state index in [4.69, 9.17) is 0 Å². The van der Waals surface area contributed by atoms with Gasteiger partial charge in [0.2, 0.25) is 0 Å². The maximum Gasteiger partial charge on any atom is 0.0305 e. The van der Waals surface area contributed by atoms with Gasteiger partial charge in [-0.2, -0.15) is 0 Å². The molecule has 0 N–H and O–H groups in total. The second-order valence-corrected chi connectivity index (χ2v) is 10.2. The molecule has 0 fully saturated rings. The Morgan fingerprint density at radius 1 is 0.458 bits per heavy atom. The van der Waals surface area contributed by atoms with Gasteiger partial charge in [0.15, 0.2) is 0 Å². The first-order valence-corrected chi connectivity index (χ1v) is 11.7. The van der Waals surface area contributed by atoms with Crippen molar-refractivity contribution < 1.29 is 0 Å². The van der Waals surface area contributed by atoms with Crippen LogP contribution in [-0.4, -0.2) is 0 Å². The molecule has 0 bridgehead atoms. The third-order valence-corrected chi connectivity index (χ3v) is 9.08. The maximum absolute atomic E-state index is 2.56. The number of hydrogen-bond donors (Lipinski definition) is 0. The van der Waals surface area contributed by atoms with Gasteiger partial charge >= 0.3 is 0 Å². The van der Waals surface area contributed by atoms with E-state index < -0.39 is 0 Å². The van der Waals surface area contributed by atoms with Crippen LogP contribution in [0.25, 0.3) is 29.4 Å². The third-order valence-electron chi connectivity index (χ3n) is 4.68. The molecule has 0 unspecified atom stereocenters. The average molecular weight is 756 g/mol. The van der Waals surface area contributed by atoms with Gasteiger partial charge in [-0.15, -0.1) is 0 Å². The van der Waals surface area contributed by atoms with Crippen LogP contribution in [-0.2, 0) is 0 Å². The highest BCUT2D eigenvalue weighted by molar-refractivity contribution is 14.1. The summed E-state index contributed by atoms with van der Waals surface area (Å²) in [5.41, 5.74) is 8.33. The molecule has 2 aliphatic carbocycles. The molecule has 0 saturated heterocycles. The zero-order valence-corrected chi connectivity index (χ0v) is 20.8. The van der Waals surface area contributed by atoms with Gasteiger partial charge in [-0.25, -0.2) is 0 Å². The summed E-state index contributed by atoms with van der Waals surface area (Å²) < 4.78 is 5.53. The third kappa shape index (κ3) is 2.05. The van der Waals surface area contributed by atoms with Crippen LogP contribution >= 0.6 is 90.4 Å². The zero-order valence-electron chi connectivity index (χ0n) is 12.1. The molecule has 0 amide bonds. The van der Waals surface area contributed by atoms with Crippen molar-refractivity contribution in [2.24, 2.45) is 0 Å². The van der Waals surface area contributed by atoms with Gasteiger partial charge < -0.3 is 0 Å². The van der Waals surface area contributed by atoms with Crippen molar-refractivity contribution in [3.63, 3.8) is 0 Å². The smallest absolute Gasteiger partial charge is 0.0305 e. The van der Waals surface area contributed by atoms with Gasteiger partial charge in [-0.3, -0.25) is 0 Å². The minimum absolute atomic E-state index is 1.37. The fourth-order valence-corrected chi connectivity index (χ4v) is 8.91. The minimum atomic E-state index is 1.37. The Balaban J connectivity index is 2.07. The quantitative estimate of drug-likeness (QED) is 0.246. The fourth-order valence-electron chi connectivity index (χ4n) is 3.66. The number of benzene rings is 3. The highest BCUT2D eigenvalue weighted by Gasteiger charge is 2.29. The summed E-state index contributed by atoms with van der Waals surface area (Å²) in [6, 6.07) is 17.6. The summed E-state index contributed by atoms with van der Waals surface area (Å²) in [6.07, 6.45) is 0. The Morgan fingerprint density at radius 3 is 1.17 bits per heavy atom. The largest absolute Gasteiger partial charge is 0.0616 e. The Hall–Kier alpha value is 0.320. The van der Waals surface area contributed by atoms with Gasteiger partial charge in [-0.05, 0) is 113 Å². The summed E-state index contributed by atoms with van der Waals surface area (Å²) in [5, 5.41) is 2.84. The van der Waals surface area contributed by atoms with E-state index in [2.05, 4.69) is 139 Å². The predicted molar refractivity (Wildman–Crippen MR) is 135 cm³/mol. The summed E-state index contributed by atoms with van der Waals surface area (Å²) in [7, 11) is 0. The first kappa shape index (κ1) is 16.5. The molecule has 4 heteroatoms. The van der Waals surface area contributed by atoms with Crippen LogP contribution in [0.2, 0.25) is 0 Å². The average Bonchev–Trinajstić information content (AvgIpc) is 3.07. The molecule has 2 aliphatic rings. The topological polar surface area (TPSA) is 0 Å². The summed E-state index contributed by atoms with van der Waals surface area (Å²) in [5.74, 6) is 0. The highest BCUT2D eigenvalue weighted by Crippen LogP contribution is 2.43. The van der Waals surface area contributed by atoms with E-state index >= 15 is 0 Å². The molecule has 0 aliphatic heterocycles. The first-order chi connectivity index (χ1) is 11.6. The normalized spacial score (nSPS) is 13.7. The Morgan fingerprint density at radius 2 is 0.792 bits per heavy atom. The molecule has 116 valence electrons. The molecule has 3 aromatic carbocycles. The van der Waals surface area contributed by atoms with Crippen molar-refractivity contribution in [3.8, 4) is 22.3 Å². The van der Waals surface area contributed by atoms with Crippen LogP contribution in [0.5, 0.6) is 0 Å². The molecule has 0 nitrogen and oxygen atoms in total. The second kappa shape index (κ2) is 5.91. The molecule has 0 heterocycles. The van der Waals surface area contributed by atoms with Gasteiger partial charge in [-0.1, -0.05) is 48.5 Å². The molecule has 0 saturated carbocycles. The summed E-state index contributed by atoms with van der Waals surface area (Å²) >= 11 is 10.2. The predicted octanol–water partition coefficient (Wildman–Crippen LogP) is 6.04. The van der Waals surface area contributed by atoms with E-state index in [-0.39, 0.29) is 0 Å². The van der Waals surface area contributed by atoms with Crippen molar-refractivity contribution in [3.05, 3.63) is 77.2 Å². The highest BCUT2D eigenvalue weighted by atomic mass is 127. The van der Waals surface area contributed by atoms with Crippen LogP contribution < -0.4 is 10.4 Å².